The lowest BCUT2D eigenvalue weighted by Gasteiger charge is -2.25. The molecule has 7 heteroatoms. The highest BCUT2D eigenvalue weighted by atomic mass is 35.5. The van der Waals surface area contributed by atoms with Gasteiger partial charge in [-0.2, -0.15) is 0 Å². The number of aliphatic hydroxyl groups is 1. The van der Waals surface area contributed by atoms with Crippen molar-refractivity contribution in [3.05, 3.63) is 87.8 Å². The van der Waals surface area contributed by atoms with E-state index in [0.29, 0.717) is 41.0 Å². The van der Waals surface area contributed by atoms with E-state index in [1.165, 1.54) is 6.92 Å². The molecule has 0 saturated carbocycles. The quantitative estimate of drug-likeness (QED) is 0.431. The van der Waals surface area contributed by atoms with Gasteiger partial charge in [0.05, 0.1) is 12.8 Å². The number of halogens is 2. The lowest BCUT2D eigenvalue weighted by atomic mass is 10.1. The molecule has 5 nitrogen and oxygen atoms in total. The Labute approximate surface area is 185 Å². The minimum atomic E-state index is -0.737. The number of aliphatic hydroxyl groups excluding tert-OH is 1. The number of carbonyl (C=O) groups excluding carboxylic acids is 1. The molecule has 3 aromatic rings. The van der Waals surface area contributed by atoms with Crippen LogP contribution in [0.15, 0.2) is 65.3 Å². The highest BCUT2D eigenvalue weighted by molar-refractivity contribution is 6.35. The van der Waals surface area contributed by atoms with E-state index in [9.17, 15) is 9.90 Å². The number of ketones is 1. The van der Waals surface area contributed by atoms with Crippen molar-refractivity contribution in [3.63, 3.8) is 0 Å². The zero-order chi connectivity index (χ0) is 21.5. The van der Waals surface area contributed by atoms with Crippen LogP contribution in [0.4, 0.5) is 0 Å². The van der Waals surface area contributed by atoms with Gasteiger partial charge < -0.3 is 14.3 Å². The molecule has 0 spiro atoms. The SMILES string of the molecule is CC(=O)c1ccc(OCC(O)CN(Cc2ccco2)Cc2ccc(Cl)cc2Cl)cc1. The van der Waals surface area contributed by atoms with Crippen molar-refractivity contribution in [1.82, 2.24) is 4.90 Å². The summed E-state index contributed by atoms with van der Waals surface area (Å²) >= 11 is 12.3. The van der Waals surface area contributed by atoms with Crippen molar-refractivity contribution >= 4 is 29.0 Å². The van der Waals surface area contributed by atoms with E-state index in [4.69, 9.17) is 32.4 Å². The number of hydrogen-bond acceptors (Lipinski definition) is 5. The first-order valence-corrected chi connectivity index (χ1v) is 10.3. The molecule has 0 fully saturated rings. The van der Waals surface area contributed by atoms with Crippen molar-refractivity contribution in [2.24, 2.45) is 0 Å². The van der Waals surface area contributed by atoms with E-state index < -0.39 is 6.10 Å². The Bertz CT molecular complexity index is 958. The van der Waals surface area contributed by atoms with E-state index in [2.05, 4.69) is 0 Å². The number of furan rings is 1. The fourth-order valence-electron chi connectivity index (χ4n) is 3.03. The predicted octanol–water partition coefficient (Wildman–Crippen LogP) is 5.23. The largest absolute Gasteiger partial charge is 0.491 e. The monoisotopic (exact) mass is 447 g/mol. The Balaban J connectivity index is 1.61. The highest BCUT2D eigenvalue weighted by Crippen LogP contribution is 2.23. The highest BCUT2D eigenvalue weighted by Gasteiger charge is 2.16. The van der Waals surface area contributed by atoms with Crippen LogP contribution in [0, 0.1) is 0 Å². The van der Waals surface area contributed by atoms with Gasteiger partial charge >= 0.3 is 0 Å². The first-order chi connectivity index (χ1) is 14.4. The minimum Gasteiger partial charge on any atom is -0.491 e. The molecule has 158 valence electrons. The van der Waals surface area contributed by atoms with Gasteiger partial charge in [0, 0.05) is 28.7 Å². The number of Topliss-reactive ketones (excluding diaryl/α,β-unsaturated/α-hetero) is 1. The van der Waals surface area contributed by atoms with Crippen LogP contribution in [-0.4, -0.2) is 35.0 Å². The van der Waals surface area contributed by atoms with Crippen LogP contribution in [0.5, 0.6) is 5.75 Å². The minimum absolute atomic E-state index is 0.00369. The number of hydrogen-bond donors (Lipinski definition) is 1. The molecule has 3 rings (SSSR count). The lowest BCUT2D eigenvalue weighted by molar-refractivity contribution is 0.0604. The van der Waals surface area contributed by atoms with E-state index in [0.717, 1.165) is 11.3 Å². The third-order valence-electron chi connectivity index (χ3n) is 4.54. The van der Waals surface area contributed by atoms with Crippen LogP contribution < -0.4 is 4.74 Å². The van der Waals surface area contributed by atoms with E-state index >= 15 is 0 Å². The molecule has 0 amide bonds. The average Bonchev–Trinajstić information content (AvgIpc) is 3.22. The van der Waals surface area contributed by atoms with E-state index in [1.54, 1.807) is 42.7 Å². The van der Waals surface area contributed by atoms with Crippen LogP contribution >= 0.6 is 23.2 Å². The van der Waals surface area contributed by atoms with Crippen molar-refractivity contribution in [2.45, 2.75) is 26.1 Å². The Morgan fingerprint density at radius 3 is 2.53 bits per heavy atom. The summed E-state index contributed by atoms with van der Waals surface area (Å²) in [5.41, 5.74) is 1.52. The van der Waals surface area contributed by atoms with E-state index in [-0.39, 0.29) is 12.4 Å². The molecule has 0 aliphatic rings. The fraction of sp³-hybridized carbons (Fsp3) is 0.261. The van der Waals surface area contributed by atoms with Gasteiger partial charge in [0.25, 0.3) is 0 Å². The summed E-state index contributed by atoms with van der Waals surface area (Å²) in [5.74, 6) is 1.38. The Morgan fingerprint density at radius 2 is 1.90 bits per heavy atom. The molecule has 0 radical (unpaired) electrons. The van der Waals surface area contributed by atoms with Crippen molar-refractivity contribution in [1.29, 1.82) is 0 Å². The molecule has 1 aromatic heterocycles. The molecule has 1 atom stereocenters. The third-order valence-corrected chi connectivity index (χ3v) is 5.13. The molecular formula is C23H23Cl2NO4. The molecule has 30 heavy (non-hydrogen) atoms. The van der Waals surface area contributed by atoms with Crippen LogP contribution in [0.1, 0.15) is 28.6 Å². The summed E-state index contributed by atoms with van der Waals surface area (Å²) in [6.07, 6.45) is 0.881. The smallest absolute Gasteiger partial charge is 0.159 e. The zero-order valence-corrected chi connectivity index (χ0v) is 18.1. The van der Waals surface area contributed by atoms with Gasteiger partial charge in [0.1, 0.15) is 24.2 Å². The van der Waals surface area contributed by atoms with Crippen LogP contribution in [0.2, 0.25) is 10.0 Å². The number of benzene rings is 2. The zero-order valence-electron chi connectivity index (χ0n) is 16.6. The van der Waals surface area contributed by atoms with Crippen LogP contribution in [0.25, 0.3) is 0 Å². The summed E-state index contributed by atoms with van der Waals surface area (Å²) < 4.78 is 11.1. The van der Waals surface area contributed by atoms with Gasteiger partial charge in [0.2, 0.25) is 0 Å². The first-order valence-electron chi connectivity index (χ1n) is 9.51. The number of carbonyl (C=O) groups is 1. The number of nitrogens with zero attached hydrogens (tertiary/aromatic N) is 1. The Hall–Kier alpha value is -2.31. The molecule has 1 N–H and O–H groups in total. The van der Waals surface area contributed by atoms with Crippen molar-refractivity contribution < 1.29 is 19.1 Å². The number of ether oxygens (including phenoxy) is 1. The summed E-state index contributed by atoms with van der Waals surface area (Å²) in [6.45, 7) is 3.01. The van der Waals surface area contributed by atoms with Crippen LogP contribution in [0.3, 0.4) is 0 Å². The molecular weight excluding hydrogens is 425 g/mol. The summed E-state index contributed by atoms with van der Waals surface area (Å²) in [5, 5.41) is 11.7. The molecule has 1 heterocycles. The van der Waals surface area contributed by atoms with Crippen molar-refractivity contribution in [3.8, 4) is 5.75 Å². The second kappa shape index (κ2) is 10.6. The molecule has 0 aliphatic heterocycles. The molecule has 0 bridgehead atoms. The third kappa shape index (κ3) is 6.61. The fourth-order valence-corrected chi connectivity index (χ4v) is 3.50. The Kier molecular flexibility index (Phi) is 7.94. The summed E-state index contributed by atoms with van der Waals surface area (Å²) in [7, 11) is 0. The number of rotatable bonds is 10. The van der Waals surface area contributed by atoms with Gasteiger partial charge in [-0.15, -0.1) is 0 Å². The maximum absolute atomic E-state index is 11.4. The molecule has 0 aliphatic carbocycles. The second-order valence-corrected chi connectivity index (χ2v) is 7.87. The Morgan fingerprint density at radius 1 is 1.13 bits per heavy atom. The molecule has 2 aromatic carbocycles. The predicted molar refractivity (Wildman–Crippen MR) is 117 cm³/mol. The topological polar surface area (TPSA) is 62.9 Å². The summed E-state index contributed by atoms with van der Waals surface area (Å²) in [6, 6.07) is 15.9. The molecule has 0 saturated heterocycles. The van der Waals surface area contributed by atoms with Crippen LogP contribution in [-0.2, 0) is 13.1 Å². The average molecular weight is 448 g/mol. The van der Waals surface area contributed by atoms with Gasteiger partial charge in [-0.25, -0.2) is 0 Å². The van der Waals surface area contributed by atoms with Gasteiger partial charge in [-0.1, -0.05) is 29.3 Å². The van der Waals surface area contributed by atoms with Gasteiger partial charge in [-0.05, 0) is 61.0 Å². The normalized spacial score (nSPS) is 12.2. The molecule has 1 unspecified atom stereocenters. The maximum Gasteiger partial charge on any atom is 0.159 e. The second-order valence-electron chi connectivity index (χ2n) is 7.03. The van der Waals surface area contributed by atoms with Gasteiger partial charge in [0.15, 0.2) is 5.78 Å². The van der Waals surface area contributed by atoms with Crippen molar-refractivity contribution in [2.75, 3.05) is 13.2 Å². The maximum atomic E-state index is 11.4. The standard InChI is InChI=1S/C23H23Cl2NO4/c1-16(27)17-5-8-21(9-6-17)30-15-20(28)13-26(14-22-3-2-10-29-22)12-18-4-7-19(24)11-23(18)25/h2-11,20,28H,12-15H2,1H3. The summed E-state index contributed by atoms with van der Waals surface area (Å²) in [4.78, 5) is 13.4. The van der Waals surface area contributed by atoms with E-state index in [1.807, 2.05) is 23.1 Å². The lowest BCUT2D eigenvalue weighted by Crippen LogP contribution is -2.35. The van der Waals surface area contributed by atoms with Gasteiger partial charge in [-0.3, -0.25) is 9.69 Å². The first kappa shape index (κ1) is 22.4.